The second-order valence-corrected chi connectivity index (χ2v) is 4.41. The number of carbonyl (C=O) groups excluding carboxylic acids is 1. The van der Waals surface area contributed by atoms with E-state index in [1.807, 2.05) is 6.19 Å². The third-order valence-electron chi connectivity index (χ3n) is 3.39. The van der Waals surface area contributed by atoms with Crippen LogP contribution in [0.4, 0.5) is 0 Å². The summed E-state index contributed by atoms with van der Waals surface area (Å²) >= 11 is 0. The molecule has 2 atom stereocenters. The highest BCUT2D eigenvalue weighted by Gasteiger charge is 2.49. The highest BCUT2D eigenvalue weighted by molar-refractivity contribution is 5.80. The van der Waals surface area contributed by atoms with Gasteiger partial charge in [0.25, 0.3) is 0 Å². The van der Waals surface area contributed by atoms with Gasteiger partial charge in [0.2, 0.25) is 0 Å². The van der Waals surface area contributed by atoms with Gasteiger partial charge in [0, 0.05) is 12.5 Å². The molecule has 1 rings (SSSR count). The van der Waals surface area contributed by atoms with Gasteiger partial charge in [0.15, 0.2) is 6.19 Å². The van der Waals surface area contributed by atoms with Gasteiger partial charge in [-0.1, -0.05) is 13.8 Å². The summed E-state index contributed by atoms with van der Waals surface area (Å²) in [6, 6.07) is 0. The van der Waals surface area contributed by atoms with Crippen molar-refractivity contribution in [3.05, 3.63) is 0 Å². The van der Waals surface area contributed by atoms with Crippen LogP contribution in [0.3, 0.4) is 0 Å². The van der Waals surface area contributed by atoms with Gasteiger partial charge in [-0.3, -0.25) is 4.79 Å². The average Bonchev–Trinajstić information content (AvgIpc) is 2.02. The Labute approximate surface area is 79.1 Å². The number of nitrogens with zero attached hydrogens (tertiary/aromatic N) is 1. The normalized spacial score (nSPS) is 30.0. The number of hydrogen-bond donors (Lipinski definition) is 1. The van der Waals surface area contributed by atoms with Gasteiger partial charge in [0.1, 0.15) is 5.78 Å². The van der Waals surface area contributed by atoms with Crippen molar-refractivity contribution >= 4 is 5.78 Å². The van der Waals surface area contributed by atoms with Crippen LogP contribution in [-0.4, -0.2) is 12.3 Å². The Hall–Kier alpha value is -1.04. The van der Waals surface area contributed by atoms with E-state index in [0.717, 1.165) is 6.42 Å². The summed E-state index contributed by atoms with van der Waals surface area (Å²) in [6.45, 7) is 6.56. The van der Waals surface area contributed by atoms with E-state index in [2.05, 4.69) is 19.2 Å². The van der Waals surface area contributed by atoms with Crippen LogP contribution in [-0.2, 0) is 4.79 Å². The molecule has 0 spiro atoms. The molecule has 72 valence electrons. The quantitative estimate of drug-likeness (QED) is 0.526. The van der Waals surface area contributed by atoms with Crippen molar-refractivity contribution < 1.29 is 4.79 Å². The van der Waals surface area contributed by atoms with Gasteiger partial charge >= 0.3 is 0 Å². The molecule has 0 aromatic rings. The zero-order chi connectivity index (χ0) is 10.1. The average molecular weight is 180 g/mol. The summed E-state index contributed by atoms with van der Waals surface area (Å²) < 4.78 is 0. The van der Waals surface area contributed by atoms with E-state index in [-0.39, 0.29) is 17.1 Å². The minimum atomic E-state index is 0.0652. The molecule has 0 aliphatic heterocycles. The summed E-state index contributed by atoms with van der Waals surface area (Å²) in [4.78, 5) is 11.2. The fourth-order valence-electron chi connectivity index (χ4n) is 2.22. The van der Waals surface area contributed by atoms with E-state index in [0.29, 0.717) is 12.5 Å². The predicted octanol–water partition coefficient (Wildman–Crippen LogP) is 1.31. The van der Waals surface area contributed by atoms with Crippen molar-refractivity contribution in [2.75, 3.05) is 6.54 Å². The molecule has 1 aliphatic carbocycles. The second kappa shape index (κ2) is 3.37. The molecule has 0 saturated heterocycles. The van der Waals surface area contributed by atoms with Crippen LogP contribution in [0.1, 0.15) is 27.2 Å². The smallest absolute Gasteiger partial charge is 0.176 e. The Morgan fingerprint density at radius 3 is 2.69 bits per heavy atom. The number of rotatable bonds is 3. The van der Waals surface area contributed by atoms with Crippen LogP contribution in [0.15, 0.2) is 0 Å². The van der Waals surface area contributed by atoms with Crippen LogP contribution >= 0.6 is 0 Å². The molecular formula is C10H16N2O. The van der Waals surface area contributed by atoms with Crippen molar-refractivity contribution in [1.82, 2.24) is 5.32 Å². The highest BCUT2D eigenvalue weighted by atomic mass is 16.1. The lowest BCUT2D eigenvalue weighted by Crippen LogP contribution is -2.51. The van der Waals surface area contributed by atoms with E-state index >= 15 is 0 Å². The van der Waals surface area contributed by atoms with E-state index in [1.165, 1.54) is 0 Å². The Kier molecular flexibility index (Phi) is 2.60. The Balaban J connectivity index is 2.50. The fourth-order valence-corrected chi connectivity index (χ4v) is 2.22. The molecule has 0 amide bonds. The van der Waals surface area contributed by atoms with E-state index in [9.17, 15) is 4.79 Å². The summed E-state index contributed by atoms with van der Waals surface area (Å²) in [7, 11) is 0. The third-order valence-corrected chi connectivity index (χ3v) is 3.39. The molecule has 13 heavy (non-hydrogen) atoms. The molecule has 3 heteroatoms. The van der Waals surface area contributed by atoms with Gasteiger partial charge in [-0.15, -0.1) is 0 Å². The first kappa shape index (κ1) is 10.0. The van der Waals surface area contributed by atoms with Crippen LogP contribution in [0, 0.1) is 28.7 Å². The van der Waals surface area contributed by atoms with Crippen molar-refractivity contribution in [1.29, 1.82) is 5.26 Å². The van der Waals surface area contributed by atoms with Crippen LogP contribution < -0.4 is 5.32 Å². The van der Waals surface area contributed by atoms with Gasteiger partial charge in [-0.25, -0.2) is 0 Å². The Bertz CT molecular complexity index is 252. The molecule has 0 radical (unpaired) electrons. The Morgan fingerprint density at radius 2 is 2.31 bits per heavy atom. The summed E-state index contributed by atoms with van der Waals surface area (Å²) in [5.74, 6) is 0.928. The maximum atomic E-state index is 11.2. The Morgan fingerprint density at radius 1 is 1.69 bits per heavy atom. The van der Waals surface area contributed by atoms with Gasteiger partial charge < -0.3 is 5.32 Å². The summed E-state index contributed by atoms with van der Waals surface area (Å²) in [5.41, 5.74) is 0.0652. The monoisotopic (exact) mass is 180 g/mol. The standard InChI is InChI=1S/C10H16N2O/c1-7(13)9-4-8(5-12-6-11)10(9,2)3/h8-9,12H,4-5H2,1-3H3. The first-order valence-electron chi connectivity index (χ1n) is 4.62. The lowest BCUT2D eigenvalue weighted by molar-refractivity contribution is -0.135. The van der Waals surface area contributed by atoms with E-state index in [4.69, 9.17) is 5.26 Å². The van der Waals surface area contributed by atoms with Crippen LogP contribution in [0.2, 0.25) is 0 Å². The molecular weight excluding hydrogens is 164 g/mol. The molecule has 2 unspecified atom stereocenters. The number of carbonyl (C=O) groups is 1. The van der Waals surface area contributed by atoms with Crippen molar-refractivity contribution in [2.45, 2.75) is 27.2 Å². The molecule has 0 aromatic carbocycles. The summed E-state index contributed by atoms with van der Waals surface area (Å²) in [5, 5.41) is 11.0. The molecule has 0 bridgehead atoms. The van der Waals surface area contributed by atoms with Crippen molar-refractivity contribution in [2.24, 2.45) is 17.3 Å². The lowest BCUT2D eigenvalue weighted by Gasteiger charge is -2.51. The SMILES string of the molecule is CC(=O)C1CC(CNC#N)C1(C)C. The van der Waals surface area contributed by atoms with E-state index < -0.39 is 0 Å². The zero-order valence-corrected chi connectivity index (χ0v) is 8.42. The van der Waals surface area contributed by atoms with Gasteiger partial charge in [-0.2, -0.15) is 5.26 Å². The predicted molar refractivity (Wildman–Crippen MR) is 49.7 cm³/mol. The first-order chi connectivity index (χ1) is 6.00. The maximum Gasteiger partial charge on any atom is 0.176 e. The fraction of sp³-hybridized carbons (Fsp3) is 0.800. The number of ketones is 1. The topological polar surface area (TPSA) is 52.9 Å². The first-order valence-corrected chi connectivity index (χ1v) is 4.62. The van der Waals surface area contributed by atoms with Crippen LogP contribution in [0.5, 0.6) is 0 Å². The largest absolute Gasteiger partial charge is 0.324 e. The van der Waals surface area contributed by atoms with Gasteiger partial charge in [0.05, 0.1) is 0 Å². The number of hydrogen-bond acceptors (Lipinski definition) is 3. The number of nitriles is 1. The molecule has 3 nitrogen and oxygen atoms in total. The molecule has 1 N–H and O–H groups in total. The minimum absolute atomic E-state index is 0.0652. The van der Waals surface area contributed by atoms with Crippen LogP contribution in [0.25, 0.3) is 0 Å². The number of nitrogens with one attached hydrogen (secondary N) is 1. The van der Waals surface area contributed by atoms with E-state index in [1.54, 1.807) is 6.92 Å². The van der Waals surface area contributed by atoms with Crippen molar-refractivity contribution in [3.8, 4) is 6.19 Å². The lowest BCUT2D eigenvalue weighted by atomic mass is 9.53. The highest BCUT2D eigenvalue weighted by Crippen LogP contribution is 2.51. The molecule has 1 saturated carbocycles. The minimum Gasteiger partial charge on any atom is -0.324 e. The summed E-state index contributed by atoms with van der Waals surface area (Å²) in [6.07, 6.45) is 2.84. The molecule has 0 heterocycles. The molecule has 1 fully saturated rings. The second-order valence-electron chi connectivity index (χ2n) is 4.41. The zero-order valence-electron chi connectivity index (χ0n) is 8.42. The van der Waals surface area contributed by atoms with Gasteiger partial charge in [-0.05, 0) is 24.7 Å². The maximum absolute atomic E-state index is 11.2. The third kappa shape index (κ3) is 1.67. The molecule has 1 aliphatic rings. The molecule has 0 aromatic heterocycles. The number of Topliss-reactive ketones (excluding diaryl/α,β-unsaturated/α-hetero) is 1. The van der Waals surface area contributed by atoms with Crippen molar-refractivity contribution in [3.63, 3.8) is 0 Å².